The number of carbonyl (C=O) groups is 1. The van der Waals surface area contributed by atoms with Gasteiger partial charge in [-0.05, 0) is 41.8 Å². The second kappa shape index (κ2) is 7.94. The van der Waals surface area contributed by atoms with E-state index in [1.165, 1.54) is 5.48 Å². The van der Waals surface area contributed by atoms with Crippen LogP contribution in [-0.4, -0.2) is 17.2 Å². The first-order valence-corrected chi connectivity index (χ1v) is 7.02. The number of nitrogens with zero attached hydrogens (tertiary/aromatic N) is 1. The van der Waals surface area contributed by atoms with Crippen molar-refractivity contribution in [3.63, 3.8) is 0 Å². The molecule has 2 aromatic carbocycles. The Morgan fingerprint density at radius 2 is 1.78 bits per heavy atom. The molecule has 0 aliphatic rings. The highest BCUT2D eigenvalue weighted by atomic mass is 16.5. The van der Waals surface area contributed by atoms with Gasteiger partial charge < -0.3 is 10.5 Å². The van der Waals surface area contributed by atoms with Gasteiger partial charge in [0.1, 0.15) is 12.4 Å². The number of hydrogen-bond donors (Lipinski definition) is 3. The lowest BCUT2D eigenvalue weighted by Gasteiger charge is -2.10. The molecule has 1 amide bonds. The van der Waals surface area contributed by atoms with Crippen molar-refractivity contribution >= 4 is 5.91 Å². The van der Waals surface area contributed by atoms with E-state index in [-0.39, 0.29) is 0 Å². The third-order valence-corrected chi connectivity index (χ3v) is 3.31. The number of nitrogens with two attached hydrogens (primary N) is 1. The zero-order valence-corrected chi connectivity index (χ0v) is 12.4. The van der Waals surface area contributed by atoms with Gasteiger partial charge in [0, 0.05) is 0 Å². The van der Waals surface area contributed by atoms with E-state index in [0.29, 0.717) is 24.3 Å². The van der Waals surface area contributed by atoms with Gasteiger partial charge in [0.05, 0.1) is 17.7 Å². The first kappa shape index (κ1) is 16.5. The minimum Gasteiger partial charge on any atom is -0.489 e. The zero-order chi connectivity index (χ0) is 16.7. The molecule has 0 radical (unpaired) electrons. The summed E-state index contributed by atoms with van der Waals surface area (Å²) in [7, 11) is 0. The van der Waals surface area contributed by atoms with Crippen molar-refractivity contribution in [3.8, 4) is 11.8 Å². The Kier molecular flexibility index (Phi) is 5.69. The molecule has 0 spiro atoms. The topological polar surface area (TPSA) is 108 Å². The summed E-state index contributed by atoms with van der Waals surface area (Å²) >= 11 is 0. The summed E-state index contributed by atoms with van der Waals surface area (Å²) in [6, 6.07) is 15.7. The van der Waals surface area contributed by atoms with Crippen LogP contribution in [0.5, 0.6) is 5.75 Å². The molecule has 0 aliphatic heterocycles. The zero-order valence-electron chi connectivity index (χ0n) is 12.4. The summed E-state index contributed by atoms with van der Waals surface area (Å²) in [5, 5.41) is 17.3. The van der Waals surface area contributed by atoms with Gasteiger partial charge in [0.25, 0.3) is 5.91 Å². The maximum Gasteiger partial charge on any atom is 0.260 e. The Morgan fingerprint density at radius 3 is 2.35 bits per heavy atom. The largest absolute Gasteiger partial charge is 0.489 e. The molecule has 0 aliphatic carbocycles. The van der Waals surface area contributed by atoms with E-state index >= 15 is 0 Å². The lowest BCUT2D eigenvalue weighted by Crippen LogP contribution is -2.40. The van der Waals surface area contributed by atoms with Crippen molar-refractivity contribution in [2.75, 3.05) is 0 Å². The first-order valence-electron chi connectivity index (χ1n) is 7.02. The van der Waals surface area contributed by atoms with Gasteiger partial charge in [0.15, 0.2) is 0 Å². The number of nitrogens with one attached hydrogen (secondary N) is 1. The Morgan fingerprint density at radius 1 is 1.17 bits per heavy atom. The Hall–Kier alpha value is -2.88. The molecule has 6 heteroatoms. The van der Waals surface area contributed by atoms with Crippen molar-refractivity contribution < 1.29 is 14.7 Å². The molecule has 2 rings (SSSR count). The van der Waals surface area contributed by atoms with Crippen molar-refractivity contribution in [1.82, 2.24) is 5.48 Å². The van der Waals surface area contributed by atoms with Gasteiger partial charge >= 0.3 is 0 Å². The average Bonchev–Trinajstić information content (AvgIpc) is 2.60. The molecule has 4 N–H and O–H groups in total. The fraction of sp³-hybridized carbons (Fsp3) is 0.176. The normalized spacial score (nSPS) is 11.3. The standard InChI is InChI=1S/C17H17N3O3/c18-10-13-1-3-14(4-2-13)11-23-15-7-5-12(6-8-15)9-16(19)17(21)20-22/h1-8,16,22H,9,11,19H2,(H,20,21)/t16-/m0/s1. The number of amides is 1. The van der Waals surface area contributed by atoms with Gasteiger partial charge in [-0.2, -0.15) is 5.26 Å². The summed E-state index contributed by atoms with van der Waals surface area (Å²) < 4.78 is 5.66. The summed E-state index contributed by atoms with van der Waals surface area (Å²) in [4.78, 5) is 11.2. The van der Waals surface area contributed by atoms with E-state index < -0.39 is 11.9 Å². The number of benzene rings is 2. The highest BCUT2D eigenvalue weighted by Crippen LogP contribution is 2.15. The molecule has 2 aromatic rings. The van der Waals surface area contributed by atoms with Crippen LogP contribution in [0.1, 0.15) is 16.7 Å². The molecule has 0 fully saturated rings. The summed E-state index contributed by atoms with van der Waals surface area (Å²) in [6.45, 7) is 0.400. The number of hydroxylamine groups is 1. The second-order valence-corrected chi connectivity index (χ2v) is 5.03. The molecular formula is C17H17N3O3. The van der Waals surface area contributed by atoms with E-state index in [9.17, 15) is 4.79 Å². The molecule has 0 heterocycles. The quantitative estimate of drug-likeness (QED) is 0.553. The van der Waals surface area contributed by atoms with E-state index in [0.717, 1.165) is 11.1 Å². The van der Waals surface area contributed by atoms with E-state index in [1.54, 1.807) is 24.3 Å². The fourth-order valence-corrected chi connectivity index (χ4v) is 1.99. The fourth-order valence-electron chi connectivity index (χ4n) is 1.99. The maximum atomic E-state index is 11.2. The minimum atomic E-state index is -0.801. The Labute approximate surface area is 134 Å². The van der Waals surface area contributed by atoms with Crippen LogP contribution in [0.2, 0.25) is 0 Å². The van der Waals surface area contributed by atoms with Gasteiger partial charge in [-0.15, -0.1) is 0 Å². The monoisotopic (exact) mass is 311 g/mol. The van der Waals surface area contributed by atoms with Crippen molar-refractivity contribution in [1.29, 1.82) is 5.26 Å². The van der Waals surface area contributed by atoms with Crippen LogP contribution >= 0.6 is 0 Å². The van der Waals surface area contributed by atoms with Gasteiger partial charge in [-0.25, -0.2) is 5.48 Å². The van der Waals surface area contributed by atoms with E-state index in [2.05, 4.69) is 6.07 Å². The molecule has 0 saturated heterocycles. The van der Waals surface area contributed by atoms with E-state index in [1.807, 2.05) is 24.3 Å². The summed E-state index contributed by atoms with van der Waals surface area (Å²) in [6.07, 6.45) is 0.322. The predicted octanol–water partition coefficient (Wildman–Crippen LogP) is 1.51. The van der Waals surface area contributed by atoms with Crippen LogP contribution in [0.25, 0.3) is 0 Å². The van der Waals surface area contributed by atoms with E-state index in [4.69, 9.17) is 20.9 Å². The van der Waals surface area contributed by atoms with Crippen molar-refractivity contribution in [2.24, 2.45) is 5.73 Å². The Balaban J connectivity index is 1.89. The highest BCUT2D eigenvalue weighted by molar-refractivity contribution is 5.80. The van der Waals surface area contributed by atoms with Crippen LogP contribution < -0.4 is 16.0 Å². The van der Waals surface area contributed by atoms with Crippen LogP contribution in [0, 0.1) is 11.3 Å². The molecule has 6 nitrogen and oxygen atoms in total. The lowest BCUT2D eigenvalue weighted by atomic mass is 10.1. The second-order valence-electron chi connectivity index (χ2n) is 5.03. The van der Waals surface area contributed by atoms with Gasteiger partial charge in [-0.1, -0.05) is 24.3 Å². The molecule has 1 atom stereocenters. The Bertz CT molecular complexity index is 691. The summed E-state index contributed by atoms with van der Waals surface area (Å²) in [5.74, 6) is 0.0735. The number of ether oxygens (including phenoxy) is 1. The first-order chi connectivity index (χ1) is 11.1. The molecule has 0 saturated carbocycles. The smallest absolute Gasteiger partial charge is 0.260 e. The number of nitriles is 1. The SMILES string of the molecule is N#Cc1ccc(COc2ccc(C[C@H](N)C(=O)NO)cc2)cc1. The van der Waals surface area contributed by atoms with Crippen LogP contribution in [0.3, 0.4) is 0 Å². The van der Waals surface area contributed by atoms with Gasteiger partial charge in [-0.3, -0.25) is 10.0 Å². The number of carbonyl (C=O) groups excluding carboxylic acids is 1. The molecule has 0 aromatic heterocycles. The minimum absolute atomic E-state index is 0.322. The molecule has 118 valence electrons. The molecular weight excluding hydrogens is 294 g/mol. The highest BCUT2D eigenvalue weighted by Gasteiger charge is 2.12. The maximum absolute atomic E-state index is 11.2. The van der Waals surface area contributed by atoms with Crippen LogP contribution in [0.15, 0.2) is 48.5 Å². The third-order valence-electron chi connectivity index (χ3n) is 3.31. The third kappa shape index (κ3) is 4.81. The van der Waals surface area contributed by atoms with Crippen LogP contribution in [0.4, 0.5) is 0 Å². The summed E-state index contributed by atoms with van der Waals surface area (Å²) in [5.41, 5.74) is 9.61. The van der Waals surface area contributed by atoms with Gasteiger partial charge in [0.2, 0.25) is 0 Å². The molecule has 23 heavy (non-hydrogen) atoms. The van der Waals surface area contributed by atoms with Crippen LogP contribution in [-0.2, 0) is 17.8 Å². The lowest BCUT2D eigenvalue weighted by molar-refractivity contribution is -0.130. The van der Waals surface area contributed by atoms with Crippen molar-refractivity contribution in [3.05, 3.63) is 65.2 Å². The molecule has 0 unspecified atom stereocenters. The number of rotatable bonds is 6. The van der Waals surface area contributed by atoms with Crippen molar-refractivity contribution in [2.45, 2.75) is 19.1 Å². The average molecular weight is 311 g/mol. The molecule has 0 bridgehead atoms. The number of hydrogen-bond acceptors (Lipinski definition) is 5. The predicted molar refractivity (Wildman–Crippen MR) is 83.5 cm³/mol.